The van der Waals surface area contributed by atoms with Crippen LogP contribution < -0.4 is 0 Å². The van der Waals surface area contributed by atoms with Gasteiger partial charge in [0.1, 0.15) is 0 Å². The topological polar surface area (TPSA) is 42.1 Å². The van der Waals surface area contributed by atoms with Crippen LogP contribution in [-0.4, -0.2) is 55.5 Å². The smallest absolute Gasteiger partial charge is 0.0534 e. The molecule has 0 aromatic carbocycles. The first kappa shape index (κ1) is 15.8. The van der Waals surface area contributed by atoms with Crippen LogP contribution >= 0.6 is 0 Å². The van der Waals surface area contributed by atoms with Gasteiger partial charge in [-0.1, -0.05) is 0 Å². The van der Waals surface area contributed by atoms with Gasteiger partial charge in [0.05, 0.1) is 12.4 Å². The lowest BCUT2D eigenvalue weighted by Gasteiger charge is -2.40. The van der Waals surface area contributed by atoms with Crippen LogP contribution in [0.1, 0.15) is 30.4 Å². The summed E-state index contributed by atoms with van der Waals surface area (Å²) in [6.07, 6.45) is 12.3. The zero-order chi connectivity index (χ0) is 16.6. The highest BCUT2D eigenvalue weighted by Crippen LogP contribution is 2.39. The lowest BCUT2D eigenvalue weighted by Crippen LogP contribution is -2.44. The molecule has 24 heavy (non-hydrogen) atoms. The number of aryl methyl sites for hydroxylation is 2. The van der Waals surface area contributed by atoms with Gasteiger partial charge in [-0.25, -0.2) is 0 Å². The highest BCUT2D eigenvalue weighted by Gasteiger charge is 2.41. The van der Waals surface area contributed by atoms with Crippen LogP contribution in [0.4, 0.5) is 0 Å². The summed E-state index contributed by atoms with van der Waals surface area (Å²) >= 11 is 0. The lowest BCUT2D eigenvalue weighted by molar-refractivity contribution is 0.0866. The average Bonchev–Trinajstić information content (AvgIpc) is 3.23. The first-order chi connectivity index (χ1) is 11.6. The van der Waals surface area contributed by atoms with Crippen LogP contribution in [-0.2, 0) is 27.2 Å². The number of hydrogen-bond acceptors (Lipinski definition) is 4. The van der Waals surface area contributed by atoms with Crippen molar-refractivity contribution in [2.45, 2.75) is 32.4 Å². The molecule has 1 atom stereocenters. The molecule has 2 saturated heterocycles. The third-order valence-corrected chi connectivity index (χ3v) is 5.59. The Bertz CT molecular complexity index is 689. The van der Waals surface area contributed by atoms with Gasteiger partial charge in [-0.2, -0.15) is 10.2 Å². The summed E-state index contributed by atoms with van der Waals surface area (Å²) in [6, 6.07) is 0. The van der Waals surface area contributed by atoms with E-state index < -0.39 is 0 Å². The molecule has 2 aliphatic heterocycles. The third-order valence-electron chi connectivity index (χ3n) is 5.59. The number of piperidine rings is 1. The maximum atomic E-state index is 4.31. The fourth-order valence-corrected chi connectivity index (χ4v) is 4.56. The van der Waals surface area contributed by atoms with Gasteiger partial charge in [0, 0.05) is 63.8 Å². The molecule has 6 heteroatoms. The second-order valence-electron chi connectivity index (χ2n) is 7.82. The molecule has 130 valence electrons. The van der Waals surface area contributed by atoms with Gasteiger partial charge < -0.3 is 0 Å². The molecule has 4 rings (SSSR count). The van der Waals surface area contributed by atoms with Crippen molar-refractivity contribution < 1.29 is 0 Å². The quantitative estimate of drug-likeness (QED) is 0.856. The first-order valence-electron chi connectivity index (χ1n) is 9.00. The van der Waals surface area contributed by atoms with Gasteiger partial charge in [-0.15, -0.1) is 0 Å². The minimum atomic E-state index is 0.489. The number of nitrogens with zero attached hydrogens (tertiary/aromatic N) is 6. The zero-order valence-electron chi connectivity index (χ0n) is 14.9. The molecule has 2 fully saturated rings. The maximum Gasteiger partial charge on any atom is 0.0534 e. The Kier molecular flexibility index (Phi) is 4.18. The van der Waals surface area contributed by atoms with Crippen LogP contribution in [0, 0.1) is 5.41 Å². The van der Waals surface area contributed by atoms with E-state index in [1.807, 2.05) is 35.9 Å². The molecule has 0 aliphatic carbocycles. The minimum absolute atomic E-state index is 0.489. The van der Waals surface area contributed by atoms with E-state index in [0.717, 1.165) is 13.1 Å². The molecule has 2 aliphatic rings. The SMILES string of the molecule is Cn1cc(CN2CCC[C@@]3(CCN(Cc4cnn(C)c4)C3)C2)cn1. The summed E-state index contributed by atoms with van der Waals surface area (Å²) in [5.41, 5.74) is 3.15. The number of rotatable bonds is 4. The van der Waals surface area contributed by atoms with Gasteiger partial charge in [0.2, 0.25) is 0 Å². The van der Waals surface area contributed by atoms with Crippen LogP contribution in [0.5, 0.6) is 0 Å². The van der Waals surface area contributed by atoms with Crippen molar-refractivity contribution in [1.29, 1.82) is 0 Å². The van der Waals surface area contributed by atoms with Crippen molar-refractivity contribution in [2.75, 3.05) is 26.2 Å². The first-order valence-corrected chi connectivity index (χ1v) is 9.00. The van der Waals surface area contributed by atoms with Crippen molar-refractivity contribution in [1.82, 2.24) is 29.4 Å². The van der Waals surface area contributed by atoms with Crippen molar-refractivity contribution in [3.8, 4) is 0 Å². The molecule has 6 nitrogen and oxygen atoms in total. The second kappa shape index (κ2) is 6.33. The van der Waals surface area contributed by atoms with E-state index >= 15 is 0 Å². The van der Waals surface area contributed by atoms with E-state index in [4.69, 9.17) is 0 Å². The molecule has 2 aromatic heterocycles. The van der Waals surface area contributed by atoms with Crippen molar-refractivity contribution >= 4 is 0 Å². The van der Waals surface area contributed by atoms with E-state index in [1.54, 1.807) is 0 Å². The Morgan fingerprint density at radius 1 is 0.875 bits per heavy atom. The second-order valence-corrected chi connectivity index (χ2v) is 7.82. The van der Waals surface area contributed by atoms with Crippen molar-refractivity contribution in [3.05, 3.63) is 35.9 Å². The number of aromatic nitrogens is 4. The molecule has 0 unspecified atom stereocenters. The summed E-state index contributed by atoms with van der Waals surface area (Å²) in [4.78, 5) is 5.25. The number of likely N-dealkylation sites (tertiary alicyclic amines) is 2. The summed E-state index contributed by atoms with van der Waals surface area (Å²) in [5, 5.41) is 8.60. The van der Waals surface area contributed by atoms with Gasteiger partial charge in [-0.05, 0) is 37.8 Å². The Morgan fingerprint density at radius 2 is 1.46 bits per heavy atom. The maximum absolute atomic E-state index is 4.31. The number of hydrogen-bond donors (Lipinski definition) is 0. The minimum Gasteiger partial charge on any atom is -0.298 e. The molecule has 2 aromatic rings. The normalized spacial score (nSPS) is 25.8. The Labute approximate surface area is 144 Å². The standard InChI is InChI=1S/C18H28N6/c1-21-10-16(8-19-21)12-23-6-3-4-18(14-23)5-7-24(15-18)13-17-9-20-22(2)11-17/h8-11H,3-7,12-15H2,1-2H3/t18-/m1/s1. The molecular weight excluding hydrogens is 300 g/mol. The van der Waals surface area contributed by atoms with Crippen molar-refractivity contribution in [2.24, 2.45) is 19.5 Å². The lowest BCUT2D eigenvalue weighted by atomic mass is 9.79. The van der Waals surface area contributed by atoms with E-state index in [9.17, 15) is 0 Å². The van der Waals surface area contributed by atoms with E-state index in [1.165, 1.54) is 56.6 Å². The summed E-state index contributed by atoms with van der Waals surface area (Å²) in [6.45, 7) is 6.97. The molecule has 4 heterocycles. The third kappa shape index (κ3) is 3.39. The molecule has 0 bridgehead atoms. The van der Waals surface area contributed by atoms with Crippen LogP contribution in [0.25, 0.3) is 0 Å². The summed E-state index contributed by atoms with van der Waals surface area (Å²) < 4.78 is 3.80. The fraction of sp³-hybridized carbons (Fsp3) is 0.667. The molecule has 0 N–H and O–H groups in total. The van der Waals surface area contributed by atoms with E-state index in [0.29, 0.717) is 5.41 Å². The van der Waals surface area contributed by atoms with Gasteiger partial charge in [0.15, 0.2) is 0 Å². The highest BCUT2D eigenvalue weighted by molar-refractivity contribution is 5.07. The fourth-order valence-electron chi connectivity index (χ4n) is 4.56. The summed E-state index contributed by atoms with van der Waals surface area (Å²) in [5.74, 6) is 0. The Balaban J connectivity index is 1.36. The van der Waals surface area contributed by atoms with Crippen LogP contribution in [0.15, 0.2) is 24.8 Å². The molecule has 0 saturated carbocycles. The van der Waals surface area contributed by atoms with Gasteiger partial charge in [0.25, 0.3) is 0 Å². The molecule has 0 amide bonds. The molecular formula is C18H28N6. The summed E-state index contributed by atoms with van der Waals surface area (Å²) in [7, 11) is 3.99. The van der Waals surface area contributed by atoms with Gasteiger partial charge in [-0.3, -0.25) is 19.2 Å². The average molecular weight is 328 g/mol. The predicted octanol–water partition coefficient (Wildman–Crippen LogP) is 1.64. The van der Waals surface area contributed by atoms with E-state index in [2.05, 4.69) is 32.4 Å². The Hall–Kier alpha value is -1.66. The largest absolute Gasteiger partial charge is 0.298 e. The van der Waals surface area contributed by atoms with Crippen molar-refractivity contribution in [3.63, 3.8) is 0 Å². The van der Waals surface area contributed by atoms with E-state index in [-0.39, 0.29) is 0 Å². The van der Waals surface area contributed by atoms with Crippen LogP contribution in [0.2, 0.25) is 0 Å². The Morgan fingerprint density at radius 3 is 2.00 bits per heavy atom. The zero-order valence-corrected chi connectivity index (χ0v) is 14.9. The van der Waals surface area contributed by atoms with Crippen LogP contribution in [0.3, 0.4) is 0 Å². The molecule has 0 radical (unpaired) electrons. The van der Waals surface area contributed by atoms with Gasteiger partial charge >= 0.3 is 0 Å². The predicted molar refractivity (Wildman–Crippen MR) is 93.3 cm³/mol. The monoisotopic (exact) mass is 328 g/mol. The highest BCUT2D eigenvalue weighted by atomic mass is 15.3. The molecule has 1 spiro atoms.